The average molecular weight is 228 g/mol. The molecule has 0 heterocycles. The lowest BCUT2D eigenvalue weighted by Crippen LogP contribution is -1.86. The molecule has 2 aromatic carbocycles. The zero-order chi connectivity index (χ0) is 11.4. The van der Waals surface area contributed by atoms with Gasteiger partial charge in [0.15, 0.2) is 0 Å². The number of hydrogen-bond donors (Lipinski definition) is 0. The van der Waals surface area contributed by atoms with Gasteiger partial charge in [-0.15, -0.1) is 11.8 Å². The van der Waals surface area contributed by atoms with Crippen molar-refractivity contribution in [3.05, 3.63) is 54.1 Å². The molecule has 1 heteroatoms. The lowest BCUT2D eigenvalue weighted by molar-refractivity contribution is 1.08. The summed E-state index contributed by atoms with van der Waals surface area (Å²) in [6.45, 7) is 2.21. The monoisotopic (exact) mass is 228 g/mol. The first kappa shape index (κ1) is 11.3. The van der Waals surface area contributed by atoms with Crippen molar-refractivity contribution >= 4 is 11.8 Å². The molecule has 0 bridgehead atoms. The highest BCUT2D eigenvalue weighted by atomic mass is 32.2. The maximum atomic E-state index is 2.29. The maximum absolute atomic E-state index is 2.29. The molecule has 0 saturated carbocycles. The van der Waals surface area contributed by atoms with Gasteiger partial charge < -0.3 is 0 Å². The predicted molar refractivity (Wildman–Crippen MR) is 73.0 cm³/mol. The van der Waals surface area contributed by atoms with E-state index in [-0.39, 0.29) is 0 Å². The second-order valence-electron chi connectivity index (χ2n) is 3.75. The number of rotatable bonds is 3. The molecule has 82 valence electrons. The summed E-state index contributed by atoms with van der Waals surface area (Å²) >= 11 is 1.83. The molecule has 0 aliphatic carbocycles. The van der Waals surface area contributed by atoms with Gasteiger partial charge in [-0.1, -0.05) is 49.4 Å². The molecule has 0 aliphatic heterocycles. The van der Waals surface area contributed by atoms with Crippen molar-refractivity contribution in [3.63, 3.8) is 0 Å². The minimum Gasteiger partial charge on any atom is -0.129 e. The summed E-state index contributed by atoms with van der Waals surface area (Å²) in [5.74, 6) is 0. The van der Waals surface area contributed by atoms with Gasteiger partial charge in [0, 0.05) is 4.90 Å². The normalized spacial score (nSPS) is 10.4. The summed E-state index contributed by atoms with van der Waals surface area (Å²) in [4.78, 5) is 1.39. The van der Waals surface area contributed by atoms with E-state index in [0.29, 0.717) is 0 Å². The van der Waals surface area contributed by atoms with Crippen LogP contribution >= 0.6 is 11.8 Å². The van der Waals surface area contributed by atoms with E-state index in [1.54, 1.807) is 0 Å². The molecule has 16 heavy (non-hydrogen) atoms. The fourth-order valence-electron chi connectivity index (χ4n) is 1.85. The zero-order valence-corrected chi connectivity index (χ0v) is 10.6. The van der Waals surface area contributed by atoms with Gasteiger partial charge in [-0.05, 0) is 35.4 Å². The fraction of sp³-hybridized carbons (Fsp3) is 0.200. The van der Waals surface area contributed by atoms with Crippen LogP contribution in [0.15, 0.2) is 53.4 Å². The molecule has 0 spiro atoms. The van der Waals surface area contributed by atoms with Gasteiger partial charge in [-0.3, -0.25) is 0 Å². The van der Waals surface area contributed by atoms with Gasteiger partial charge in [0.1, 0.15) is 0 Å². The first-order chi connectivity index (χ1) is 7.85. The Kier molecular flexibility index (Phi) is 3.68. The van der Waals surface area contributed by atoms with Gasteiger partial charge in [0.25, 0.3) is 0 Å². The van der Waals surface area contributed by atoms with E-state index in [0.717, 1.165) is 6.42 Å². The largest absolute Gasteiger partial charge is 0.129 e. The van der Waals surface area contributed by atoms with Crippen molar-refractivity contribution in [3.8, 4) is 11.1 Å². The molecule has 0 nitrogen and oxygen atoms in total. The van der Waals surface area contributed by atoms with E-state index in [1.807, 2.05) is 11.8 Å². The Hall–Kier alpha value is -1.21. The van der Waals surface area contributed by atoms with E-state index in [1.165, 1.54) is 21.6 Å². The van der Waals surface area contributed by atoms with E-state index in [2.05, 4.69) is 61.7 Å². The standard InChI is InChI=1S/C15H16S/c1-3-12-9-10-14(11-15(12)16-2)13-7-5-4-6-8-13/h4-11H,3H2,1-2H3. The Morgan fingerprint density at radius 1 is 0.938 bits per heavy atom. The molecule has 0 fully saturated rings. The Balaban J connectivity index is 2.44. The van der Waals surface area contributed by atoms with Crippen molar-refractivity contribution in [1.82, 2.24) is 0 Å². The molecular weight excluding hydrogens is 212 g/mol. The molecule has 0 N–H and O–H groups in total. The number of benzene rings is 2. The SMILES string of the molecule is CCc1ccc(-c2ccccc2)cc1SC. The molecule has 0 radical (unpaired) electrons. The smallest absolute Gasteiger partial charge is 0.0107 e. The first-order valence-electron chi connectivity index (χ1n) is 5.57. The highest BCUT2D eigenvalue weighted by Gasteiger charge is 2.02. The maximum Gasteiger partial charge on any atom is 0.0107 e. The predicted octanol–water partition coefficient (Wildman–Crippen LogP) is 4.64. The molecule has 2 rings (SSSR count). The summed E-state index contributed by atoms with van der Waals surface area (Å²) in [5.41, 5.74) is 4.04. The average Bonchev–Trinajstić information content (AvgIpc) is 2.39. The zero-order valence-electron chi connectivity index (χ0n) is 9.73. The highest BCUT2D eigenvalue weighted by molar-refractivity contribution is 7.98. The molecule has 0 aliphatic rings. The lowest BCUT2D eigenvalue weighted by atomic mass is 10.0. The molecule has 2 aromatic rings. The van der Waals surface area contributed by atoms with Gasteiger partial charge in [0.2, 0.25) is 0 Å². The molecule has 0 atom stereocenters. The Morgan fingerprint density at radius 2 is 1.69 bits per heavy atom. The Morgan fingerprint density at radius 3 is 2.31 bits per heavy atom. The van der Waals surface area contributed by atoms with Gasteiger partial charge in [-0.25, -0.2) is 0 Å². The van der Waals surface area contributed by atoms with E-state index in [4.69, 9.17) is 0 Å². The topological polar surface area (TPSA) is 0 Å². The molecule has 0 saturated heterocycles. The van der Waals surface area contributed by atoms with Crippen LogP contribution in [0, 0.1) is 0 Å². The molecule has 0 unspecified atom stereocenters. The summed E-state index contributed by atoms with van der Waals surface area (Å²) < 4.78 is 0. The van der Waals surface area contributed by atoms with Crippen LogP contribution in [0.3, 0.4) is 0 Å². The second kappa shape index (κ2) is 5.22. The third-order valence-corrected chi connectivity index (χ3v) is 3.59. The highest BCUT2D eigenvalue weighted by Crippen LogP contribution is 2.27. The summed E-state index contributed by atoms with van der Waals surface area (Å²) in [6.07, 6.45) is 3.24. The Labute approximate surface area is 102 Å². The van der Waals surface area contributed by atoms with Gasteiger partial charge >= 0.3 is 0 Å². The van der Waals surface area contributed by atoms with Crippen molar-refractivity contribution in [1.29, 1.82) is 0 Å². The van der Waals surface area contributed by atoms with Crippen LogP contribution in [-0.4, -0.2) is 6.26 Å². The molecule has 0 aromatic heterocycles. The van der Waals surface area contributed by atoms with Crippen LogP contribution in [0.4, 0.5) is 0 Å². The summed E-state index contributed by atoms with van der Waals surface area (Å²) in [5, 5.41) is 0. The summed E-state index contributed by atoms with van der Waals surface area (Å²) in [7, 11) is 0. The van der Waals surface area contributed by atoms with Crippen LogP contribution in [0.5, 0.6) is 0 Å². The van der Waals surface area contributed by atoms with Crippen molar-refractivity contribution in [2.75, 3.05) is 6.26 Å². The third-order valence-electron chi connectivity index (χ3n) is 2.78. The van der Waals surface area contributed by atoms with Crippen LogP contribution in [0.2, 0.25) is 0 Å². The van der Waals surface area contributed by atoms with Gasteiger partial charge in [-0.2, -0.15) is 0 Å². The number of thioether (sulfide) groups is 1. The molecule has 0 amide bonds. The summed E-state index contributed by atoms with van der Waals surface area (Å²) in [6, 6.07) is 17.3. The van der Waals surface area contributed by atoms with Crippen LogP contribution in [0.25, 0.3) is 11.1 Å². The second-order valence-corrected chi connectivity index (χ2v) is 4.59. The minimum absolute atomic E-state index is 1.10. The van der Waals surface area contributed by atoms with Crippen LogP contribution in [0.1, 0.15) is 12.5 Å². The fourth-order valence-corrected chi connectivity index (χ4v) is 2.57. The Bertz CT molecular complexity index is 460. The first-order valence-corrected chi connectivity index (χ1v) is 6.80. The minimum atomic E-state index is 1.10. The van der Waals surface area contributed by atoms with E-state index < -0.39 is 0 Å². The van der Waals surface area contributed by atoms with Crippen LogP contribution < -0.4 is 0 Å². The van der Waals surface area contributed by atoms with Crippen LogP contribution in [-0.2, 0) is 6.42 Å². The quantitative estimate of drug-likeness (QED) is 0.690. The third kappa shape index (κ3) is 2.30. The number of aryl methyl sites for hydroxylation is 1. The van der Waals surface area contributed by atoms with Crippen molar-refractivity contribution in [2.24, 2.45) is 0 Å². The van der Waals surface area contributed by atoms with Crippen molar-refractivity contribution in [2.45, 2.75) is 18.2 Å². The van der Waals surface area contributed by atoms with Gasteiger partial charge in [0.05, 0.1) is 0 Å². The van der Waals surface area contributed by atoms with E-state index in [9.17, 15) is 0 Å². The van der Waals surface area contributed by atoms with Crippen molar-refractivity contribution < 1.29 is 0 Å². The molecular formula is C15H16S. The lowest BCUT2D eigenvalue weighted by Gasteiger charge is -2.08. The number of hydrogen-bond acceptors (Lipinski definition) is 1. The van der Waals surface area contributed by atoms with E-state index >= 15 is 0 Å².